The molecule has 0 amide bonds. The number of rotatable bonds is 3. The monoisotopic (exact) mass is 249 g/mol. The average molecular weight is 250 g/mol. The molecule has 0 radical (unpaired) electrons. The summed E-state index contributed by atoms with van der Waals surface area (Å²) >= 11 is 5.79. The van der Waals surface area contributed by atoms with Crippen molar-refractivity contribution in [3.8, 4) is 17.0 Å². The molecule has 0 spiro atoms. The van der Waals surface area contributed by atoms with E-state index in [0.29, 0.717) is 16.6 Å². The lowest BCUT2D eigenvalue weighted by molar-refractivity contribution is 0.241. The second-order valence-electron chi connectivity index (χ2n) is 3.80. The maximum Gasteiger partial charge on any atom is 0.148 e. The predicted molar refractivity (Wildman–Crippen MR) is 66.0 cm³/mol. The third-order valence-electron chi connectivity index (χ3n) is 1.99. The first-order chi connectivity index (χ1) is 8.15. The van der Waals surface area contributed by atoms with Crippen molar-refractivity contribution in [2.24, 2.45) is 0 Å². The molecule has 2 rings (SSSR count). The molecule has 0 N–H and O–H groups in total. The van der Waals surface area contributed by atoms with Crippen molar-refractivity contribution in [1.29, 1.82) is 0 Å². The van der Waals surface area contributed by atoms with Gasteiger partial charge in [-0.2, -0.15) is 0 Å². The molecule has 0 saturated heterocycles. The van der Waals surface area contributed by atoms with Gasteiger partial charge >= 0.3 is 0 Å². The number of nitrogens with zero attached hydrogens (tertiary/aromatic N) is 3. The Morgan fingerprint density at radius 1 is 1.12 bits per heavy atom. The van der Waals surface area contributed by atoms with Crippen LogP contribution in [0, 0.1) is 0 Å². The van der Waals surface area contributed by atoms with E-state index in [1.165, 1.54) is 6.20 Å². The van der Waals surface area contributed by atoms with Gasteiger partial charge in [-0.25, -0.2) is 4.98 Å². The number of hydrogen-bond donors (Lipinski definition) is 0. The van der Waals surface area contributed by atoms with E-state index in [1.54, 1.807) is 18.6 Å². The summed E-state index contributed by atoms with van der Waals surface area (Å²) in [6.45, 7) is 3.93. The van der Waals surface area contributed by atoms with Gasteiger partial charge in [-0.3, -0.25) is 9.97 Å². The van der Waals surface area contributed by atoms with Crippen LogP contribution in [0.3, 0.4) is 0 Å². The van der Waals surface area contributed by atoms with Gasteiger partial charge in [0.15, 0.2) is 0 Å². The minimum atomic E-state index is 0.109. The van der Waals surface area contributed by atoms with E-state index in [2.05, 4.69) is 15.0 Å². The maximum absolute atomic E-state index is 5.79. The van der Waals surface area contributed by atoms with Crippen LogP contribution in [-0.4, -0.2) is 21.1 Å². The molecule has 0 bridgehead atoms. The van der Waals surface area contributed by atoms with Crippen molar-refractivity contribution in [1.82, 2.24) is 15.0 Å². The van der Waals surface area contributed by atoms with Gasteiger partial charge in [0.2, 0.25) is 0 Å². The van der Waals surface area contributed by atoms with Crippen LogP contribution in [0.15, 0.2) is 30.9 Å². The molecule has 4 nitrogen and oxygen atoms in total. The van der Waals surface area contributed by atoms with Gasteiger partial charge in [0, 0.05) is 11.8 Å². The minimum Gasteiger partial charge on any atom is -0.489 e. The van der Waals surface area contributed by atoms with Gasteiger partial charge in [0.05, 0.1) is 30.4 Å². The Morgan fingerprint density at radius 2 is 1.88 bits per heavy atom. The average Bonchev–Trinajstić information content (AvgIpc) is 2.28. The van der Waals surface area contributed by atoms with Crippen LogP contribution in [0.25, 0.3) is 11.3 Å². The molecule has 2 aromatic heterocycles. The Hall–Kier alpha value is -1.68. The van der Waals surface area contributed by atoms with E-state index in [4.69, 9.17) is 16.3 Å². The second kappa shape index (κ2) is 5.10. The highest BCUT2D eigenvalue weighted by molar-refractivity contribution is 6.29. The number of ether oxygens (including phenoxy) is 1. The fraction of sp³-hybridized carbons (Fsp3) is 0.250. The van der Waals surface area contributed by atoms with Gasteiger partial charge in [0.1, 0.15) is 10.9 Å². The Labute approximate surface area is 105 Å². The molecule has 88 valence electrons. The third-order valence-corrected chi connectivity index (χ3v) is 2.17. The molecule has 0 atom stereocenters. The lowest BCUT2D eigenvalue weighted by Gasteiger charge is -2.09. The first-order valence-electron chi connectivity index (χ1n) is 5.25. The van der Waals surface area contributed by atoms with Crippen molar-refractivity contribution >= 4 is 11.6 Å². The lowest BCUT2D eigenvalue weighted by atomic mass is 10.2. The van der Waals surface area contributed by atoms with Crippen molar-refractivity contribution in [2.75, 3.05) is 0 Å². The first kappa shape index (κ1) is 11.8. The summed E-state index contributed by atoms with van der Waals surface area (Å²) in [5.41, 5.74) is 1.51. The van der Waals surface area contributed by atoms with E-state index in [-0.39, 0.29) is 6.10 Å². The number of halogens is 1. The summed E-state index contributed by atoms with van der Waals surface area (Å²) in [6.07, 6.45) is 6.61. The molecular weight excluding hydrogens is 238 g/mol. The fourth-order valence-electron chi connectivity index (χ4n) is 1.38. The Bertz CT molecular complexity index is 517. The summed E-state index contributed by atoms with van der Waals surface area (Å²) in [5, 5.41) is 0.359. The number of aromatic nitrogens is 3. The zero-order valence-corrected chi connectivity index (χ0v) is 10.3. The van der Waals surface area contributed by atoms with Crippen LogP contribution >= 0.6 is 11.6 Å². The van der Waals surface area contributed by atoms with Gasteiger partial charge in [-0.05, 0) is 19.9 Å². The smallest absolute Gasteiger partial charge is 0.148 e. The zero-order valence-electron chi connectivity index (χ0n) is 9.59. The molecule has 0 aliphatic rings. The van der Waals surface area contributed by atoms with Crippen LogP contribution in [0.2, 0.25) is 5.15 Å². The SMILES string of the molecule is CC(C)Oc1cncc(-c2cncc(Cl)n2)c1. The van der Waals surface area contributed by atoms with Crippen LogP contribution in [0.5, 0.6) is 5.75 Å². The molecule has 0 unspecified atom stereocenters. The highest BCUT2D eigenvalue weighted by Gasteiger charge is 2.04. The number of hydrogen-bond acceptors (Lipinski definition) is 4. The van der Waals surface area contributed by atoms with E-state index >= 15 is 0 Å². The van der Waals surface area contributed by atoms with E-state index in [1.807, 2.05) is 19.9 Å². The van der Waals surface area contributed by atoms with Crippen molar-refractivity contribution in [2.45, 2.75) is 20.0 Å². The van der Waals surface area contributed by atoms with Crippen LogP contribution < -0.4 is 4.74 Å². The Kier molecular flexibility index (Phi) is 3.54. The molecular formula is C12H12ClN3O. The second-order valence-corrected chi connectivity index (χ2v) is 4.19. The minimum absolute atomic E-state index is 0.109. The topological polar surface area (TPSA) is 47.9 Å². The molecule has 2 aromatic rings. The third kappa shape index (κ3) is 3.14. The molecule has 0 aliphatic carbocycles. The van der Waals surface area contributed by atoms with Gasteiger partial charge in [-0.15, -0.1) is 0 Å². The zero-order chi connectivity index (χ0) is 12.3. The first-order valence-corrected chi connectivity index (χ1v) is 5.62. The van der Waals surface area contributed by atoms with Gasteiger partial charge in [0.25, 0.3) is 0 Å². The molecule has 0 fully saturated rings. The molecule has 0 saturated carbocycles. The Balaban J connectivity index is 2.33. The standard InChI is InChI=1S/C12H12ClN3O/c1-8(2)17-10-3-9(4-14-5-10)11-6-15-7-12(13)16-11/h3-8H,1-2H3. The van der Waals surface area contributed by atoms with Gasteiger partial charge < -0.3 is 4.74 Å². The van der Waals surface area contributed by atoms with Crippen LogP contribution in [-0.2, 0) is 0 Å². The summed E-state index contributed by atoms with van der Waals surface area (Å²) in [6, 6.07) is 1.87. The summed E-state index contributed by atoms with van der Waals surface area (Å²) in [7, 11) is 0. The van der Waals surface area contributed by atoms with Crippen molar-refractivity contribution < 1.29 is 4.74 Å². The highest BCUT2D eigenvalue weighted by Crippen LogP contribution is 2.21. The normalized spacial score (nSPS) is 10.6. The van der Waals surface area contributed by atoms with E-state index in [9.17, 15) is 0 Å². The summed E-state index contributed by atoms with van der Waals surface area (Å²) in [5.74, 6) is 0.708. The number of pyridine rings is 1. The molecule has 17 heavy (non-hydrogen) atoms. The molecule has 0 aromatic carbocycles. The van der Waals surface area contributed by atoms with Gasteiger partial charge in [-0.1, -0.05) is 11.6 Å². The van der Waals surface area contributed by atoms with Crippen molar-refractivity contribution in [3.05, 3.63) is 36.0 Å². The van der Waals surface area contributed by atoms with E-state index < -0.39 is 0 Å². The van der Waals surface area contributed by atoms with Crippen molar-refractivity contribution in [3.63, 3.8) is 0 Å². The largest absolute Gasteiger partial charge is 0.489 e. The maximum atomic E-state index is 5.79. The Morgan fingerprint density at radius 3 is 2.59 bits per heavy atom. The summed E-state index contributed by atoms with van der Waals surface area (Å²) in [4.78, 5) is 12.3. The molecule has 2 heterocycles. The summed E-state index contributed by atoms with van der Waals surface area (Å²) < 4.78 is 5.56. The highest BCUT2D eigenvalue weighted by atomic mass is 35.5. The van der Waals surface area contributed by atoms with Crippen LogP contribution in [0.4, 0.5) is 0 Å². The predicted octanol–water partition coefficient (Wildman–Crippen LogP) is 2.98. The van der Waals surface area contributed by atoms with Crippen LogP contribution in [0.1, 0.15) is 13.8 Å². The lowest BCUT2D eigenvalue weighted by Crippen LogP contribution is -2.05. The quantitative estimate of drug-likeness (QED) is 0.839. The van der Waals surface area contributed by atoms with E-state index in [0.717, 1.165) is 5.56 Å². The molecule has 0 aliphatic heterocycles. The molecule has 5 heteroatoms. The fourth-order valence-corrected chi connectivity index (χ4v) is 1.52.